The van der Waals surface area contributed by atoms with Crippen molar-refractivity contribution in [3.8, 4) is 5.75 Å². The van der Waals surface area contributed by atoms with Gasteiger partial charge >= 0.3 is 0 Å². The first-order chi connectivity index (χ1) is 10.8. The van der Waals surface area contributed by atoms with E-state index in [0.717, 1.165) is 35.6 Å². The molecule has 2 N–H and O–H groups in total. The third kappa shape index (κ3) is 9.56. The van der Waals surface area contributed by atoms with Crippen molar-refractivity contribution in [2.75, 3.05) is 6.54 Å². The summed E-state index contributed by atoms with van der Waals surface area (Å²) in [7, 11) is 0. The number of benzene rings is 1. The van der Waals surface area contributed by atoms with E-state index in [0.29, 0.717) is 5.75 Å². The van der Waals surface area contributed by atoms with Crippen LogP contribution in [0.1, 0.15) is 53.5 Å². The average Bonchev–Trinajstić information content (AvgIpc) is 2.47. The summed E-state index contributed by atoms with van der Waals surface area (Å²) in [5.41, 5.74) is 4.29. The molecule has 3 nitrogen and oxygen atoms in total. The van der Waals surface area contributed by atoms with E-state index < -0.39 is 0 Å². The van der Waals surface area contributed by atoms with Crippen molar-refractivity contribution in [1.29, 1.82) is 0 Å². The first-order valence-corrected chi connectivity index (χ1v) is 8.22. The molecule has 0 amide bonds. The summed E-state index contributed by atoms with van der Waals surface area (Å²) in [6.45, 7) is 17.0. The van der Waals surface area contributed by atoms with Gasteiger partial charge in [0, 0.05) is 12.3 Å². The fraction of sp³-hybridized carbons (Fsp3) is 0.450. The molecule has 1 aromatic carbocycles. The highest BCUT2D eigenvalue weighted by Crippen LogP contribution is 2.13. The lowest BCUT2D eigenvalue weighted by atomic mass is 10.1. The van der Waals surface area contributed by atoms with Gasteiger partial charge in [0.25, 0.3) is 0 Å². The number of phenolic OH excluding ortho intramolecular Hbond substituents is 1. The fourth-order valence-electron chi connectivity index (χ4n) is 1.67. The van der Waals surface area contributed by atoms with E-state index >= 15 is 0 Å². The molecule has 1 rings (SSSR count). The SMILES string of the molecule is C=C(C)/C(C)=C(\N=C(C)C)NCCc1ccc(O)cc1.CCC. The van der Waals surface area contributed by atoms with Gasteiger partial charge in [-0.15, -0.1) is 0 Å². The van der Waals surface area contributed by atoms with Crippen molar-refractivity contribution < 1.29 is 5.11 Å². The van der Waals surface area contributed by atoms with Gasteiger partial charge in [-0.1, -0.05) is 44.6 Å². The summed E-state index contributed by atoms with van der Waals surface area (Å²) < 4.78 is 0. The predicted molar refractivity (Wildman–Crippen MR) is 102 cm³/mol. The summed E-state index contributed by atoms with van der Waals surface area (Å²) in [5, 5.41) is 12.6. The Kier molecular flexibility index (Phi) is 10.5. The van der Waals surface area contributed by atoms with Gasteiger partial charge in [-0.2, -0.15) is 0 Å². The van der Waals surface area contributed by atoms with E-state index in [2.05, 4.69) is 30.7 Å². The Morgan fingerprint density at radius 3 is 2.04 bits per heavy atom. The van der Waals surface area contributed by atoms with Crippen LogP contribution in [0.2, 0.25) is 0 Å². The number of phenols is 1. The summed E-state index contributed by atoms with van der Waals surface area (Å²) >= 11 is 0. The average molecular weight is 316 g/mol. The standard InChI is InChI=1S/C17H24N2O.C3H8/c1-12(2)14(5)17(19-13(3)4)18-11-10-15-6-8-16(20)9-7-15;1-3-2/h6-9,18,20H,1,10-11H2,2-5H3;3H2,1-2H3/b17-14-;. The van der Waals surface area contributed by atoms with Gasteiger partial charge in [0.05, 0.1) is 0 Å². The molecule has 0 aliphatic carbocycles. The zero-order valence-electron chi connectivity index (χ0n) is 15.5. The quantitative estimate of drug-likeness (QED) is 0.557. The maximum absolute atomic E-state index is 9.25. The first kappa shape index (κ1) is 21.0. The van der Waals surface area contributed by atoms with Crippen LogP contribution in [-0.2, 0) is 6.42 Å². The van der Waals surface area contributed by atoms with Crippen LogP contribution in [0.5, 0.6) is 5.75 Å². The van der Waals surface area contributed by atoms with Crippen molar-refractivity contribution >= 4 is 5.71 Å². The van der Waals surface area contributed by atoms with E-state index in [4.69, 9.17) is 0 Å². The highest BCUT2D eigenvalue weighted by molar-refractivity contribution is 5.80. The highest BCUT2D eigenvalue weighted by atomic mass is 16.3. The van der Waals surface area contributed by atoms with E-state index in [1.54, 1.807) is 12.1 Å². The normalized spacial score (nSPS) is 10.9. The van der Waals surface area contributed by atoms with Crippen molar-refractivity contribution in [2.24, 2.45) is 4.99 Å². The summed E-state index contributed by atoms with van der Waals surface area (Å²) in [6.07, 6.45) is 2.13. The Labute approximate surface area is 141 Å². The predicted octanol–water partition coefficient (Wildman–Crippen LogP) is 5.23. The Bertz CT molecular complexity index is 535. The molecular formula is C20H32N2O. The minimum absolute atomic E-state index is 0.298. The smallest absolute Gasteiger partial charge is 0.128 e. The molecule has 0 saturated heterocycles. The Balaban J connectivity index is 0.00000149. The molecule has 0 atom stereocenters. The lowest BCUT2D eigenvalue weighted by Crippen LogP contribution is -2.18. The maximum Gasteiger partial charge on any atom is 0.128 e. The van der Waals surface area contributed by atoms with E-state index in [9.17, 15) is 5.11 Å². The number of hydrogen-bond acceptors (Lipinski definition) is 3. The second kappa shape index (κ2) is 11.5. The molecule has 1 aromatic rings. The second-order valence-corrected chi connectivity index (χ2v) is 5.86. The summed E-state index contributed by atoms with van der Waals surface area (Å²) in [4.78, 5) is 4.53. The molecule has 0 fully saturated rings. The molecule has 3 heteroatoms. The largest absolute Gasteiger partial charge is 0.508 e. The van der Waals surface area contributed by atoms with Crippen LogP contribution in [0.4, 0.5) is 0 Å². The highest BCUT2D eigenvalue weighted by Gasteiger charge is 2.02. The molecule has 128 valence electrons. The van der Waals surface area contributed by atoms with Crippen molar-refractivity contribution in [3.63, 3.8) is 0 Å². The van der Waals surface area contributed by atoms with Gasteiger partial charge in [-0.05, 0) is 57.4 Å². The minimum atomic E-state index is 0.298. The molecule has 23 heavy (non-hydrogen) atoms. The van der Waals surface area contributed by atoms with Gasteiger partial charge in [0.2, 0.25) is 0 Å². The molecule has 0 saturated carbocycles. The van der Waals surface area contributed by atoms with Gasteiger partial charge < -0.3 is 10.4 Å². The van der Waals surface area contributed by atoms with Crippen LogP contribution in [0, 0.1) is 0 Å². The molecule has 0 unspecified atom stereocenters. The summed E-state index contributed by atoms with van der Waals surface area (Å²) in [5.74, 6) is 1.18. The molecule has 0 aliphatic heterocycles. The number of hydrogen-bond donors (Lipinski definition) is 2. The van der Waals surface area contributed by atoms with E-state index in [1.807, 2.05) is 39.8 Å². The van der Waals surface area contributed by atoms with Gasteiger partial charge in [0.1, 0.15) is 11.6 Å². The van der Waals surface area contributed by atoms with Crippen molar-refractivity contribution in [3.05, 3.63) is 53.4 Å². The number of allylic oxidation sites excluding steroid dienone is 2. The zero-order chi connectivity index (χ0) is 17.8. The Morgan fingerprint density at radius 2 is 1.61 bits per heavy atom. The molecular weight excluding hydrogens is 284 g/mol. The lowest BCUT2D eigenvalue weighted by molar-refractivity contribution is 0.475. The monoisotopic (exact) mass is 316 g/mol. The number of nitrogens with one attached hydrogen (secondary N) is 1. The van der Waals surface area contributed by atoms with Crippen LogP contribution in [0.25, 0.3) is 0 Å². The van der Waals surface area contributed by atoms with Crippen molar-refractivity contribution in [2.45, 2.75) is 54.4 Å². The topological polar surface area (TPSA) is 44.6 Å². The Hall–Kier alpha value is -2.03. The molecule has 0 heterocycles. The van der Waals surface area contributed by atoms with Crippen LogP contribution in [0.15, 0.2) is 52.8 Å². The number of rotatable bonds is 6. The van der Waals surface area contributed by atoms with E-state index in [1.165, 1.54) is 12.0 Å². The van der Waals surface area contributed by atoms with Crippen molar-refractivity contribution in [1.82, 2.24) is 5.32 Å². The first-order valence-electron chi connectivity index (χ1n) is 8.22. The number of aliphatic imine (C=N–C) groups is 1. The van der Waals surface area contributed by atoms with Gasteiger partial charge in [-0.25, -0.2) is 4.99 Å². The third-order valence-corrected chi connectivity index (χ3v) is 2.97. The third-order valence-electron chi connectivity index (χ3n) is 2.97. The molecule has 0 spiro atoms. The molecule has 0 bridgehead atoms. The van der Waals surface area contributed by atoms with Crippen LogP contribution >= 0.6 is 0 Å². The Morgan fingerprint density at radius 1 is 1.09 bits per heavy atom. The van der Waals surface area contributed by atoms with Crippen LogP contribution in [0.3, 0.4) is 0 Å². The molecule has 0 radical (unpaired) electrons. The lowest BCUT2D eigenvalue weighted by Gasteiger charge is -2.12. The van der Waals surface area contributed by atoms with E-state index in [-0.39, 0.29) is 0 Å². The summed E-state index contributed by atoms with van der Waals surface area (Å²) in [6, 6.07) is 7.28. The van der Waals surface area contributed by atoms with Crippen LogP contribution in [-0.4, -0.2) is 17.4 Å². The second-order valence-electron chi connectivity index (χ2n) is 5.86. The minimum Gasteiger partial charge on any atom is -0.508 e. The zero-order valence-corrected chi connectivity index (χ0v) is 15.5. The molecule has 0 aromatic heterocycles. The molecule has 0 aliphatic rings. The fourth-order valence-corrected chi connectivity index (χ4v) is 1.67. The van der Waals surface area contributed by atoms with Crippen LogP contribution < -0.4 is 5.32 Å². The maximum atomic E-state index is 9.25. The van der Waals surface area contributed by atoms with Gasteiger partial charge in [-0.3, -0.25) is 0 Å². The number of aromatic hydroxyl groups is 1. The number of nitrogens with zero attached hydrogens (tertiary/aromatic N) is 1. The van der Waals surface area contributed by atoms with Gasteiger partial charge in [0.15, 0.2) is 0 Å².